The molecule has 2 aromatic rings. The monoisotopic (exact) mass is 332 g/mol. The lowest BCUT2D eigenvalue weighted by Crippen LogP contribution is -2.22. The minimum atomic E-state index is -0.416. The van der Waals surface area contributed by atoms with Gasteiger partial charge in [0.2, 0.25) is 5.91 Å². The van der Waals surface area contributed by atoms with Gasteiger partial charge in [0.15, 0.2) is 0 Å². The van der Waals surface area contributed by atoms with Crippen molar-refractivity contribution < 1.29 is 14.3 Å². The first-order chi connectivity index (χ1) is 11.0. The van der Waals surface area contributed by atoms with Gasteiger partial charge in [-0.15, -0.1) is 0 Å². The first kappa shape index (κ1) is 16.8. The van der Waals surface area contributed by atoms with Crippen molar-refractivity contribution in [3.63, 3.8) is 0 Å². The Kier molecular flexibility index (Phi) is 5.60. The molecule has 120 valence electrons. The molecular formula is C17H17ClN2O3. The van der Waals surface area contributed by atoms with E-state index in [0.717, 1.165) is 11.3 Å². The van der Waals surface area contributed by atoms with Gasteiger partial charge in [-0.1, -0.05) is 17.7 Å². The average Bonchev–Trinajstić information content (AvgIpc) is 2.55. The van der Waals surface area contributed by atoms with E-state index in [0.29, 0.717) is 16.3 Å². The number of anilines is 2. The fourth-order valence-electron chi connectivity index (χ4n) is 1.97. The van der Waals surface area contributed by atoms with Gasteiger partial charge in [-0.25, -0.2) is 4.79 Å². The molecule has 0 aliphatic rings. The van der Waals surface area contributed by atoms with Crippen LogP contribution in [0.2, 0.25) is 5.02 Å². The number of ether oxygens (including phenoxy) is 1. The predicted molar refractivity (Wildman–Crippen MR) is 91.1 cm³/mol. The SMILES string of the molecule is COC(=O)c1ccc(NC(=O)CNc2cc(Cl)ccc2C)cc1. The van der Waals surface area contributed by atoms with Gasteiger partial charge < -0.3 is 15.4 Å². The average molecular weight is 333 g/mol. The quantitative estimate of drug-likeness (QED) is 0.822. The first-order valence-corrected chi connectivity index (χ1v) is 7.35. The number of hydrogen-bond donors (Lipinski definition) is 2. The summed E-state index contributed by atoms with van der Waals surface area (Å²) in [5, 5.41) is 6.39. The van der Waals surface area contributed by atoms with Crippen LogP contribution >= 0.6 is 11.6 Å². The Bertz CT molecular complexity index is 714. The number of halogens is 1. The second-order valence-electron chi connectivity index (χ2n) is 4.93. The Morgan fingerprint density at radius 1 is 1.13 bits per heavy atom. The number of methoxy groups -OCH3 is 1. The molecule has 0 aromatic heterocycles. The minimum absolute atomic E-state index is 0.111. The number of benzene rings is 2. The summed E-state index contributed by atoms with van der Waals surface area (Å²) in [7, 11) is 1.32. The van der Waals surface area contributed by atoms with E-state index in [9.17, 15) is 9.59 Å². The second kappa shape index (κ2) is 7.65. The van der Waals surface area contributed by atoms with Crippen LogP contribution in [0.1, 0.15) is 15.9 Å². The van der Waals surface area contributed by atoms with Crippen LogP contribution < -0.4 is 10.6 Å². The van der Waals surface area contributed by atoms with Crippen molar-refractivity contribution in [1.29, 1.82) is 0 Å². The van der Waals surface area contributed by atoms with Crippen LogP contribution in [0.4, 0.5) is 11.4 Å². The zero-order valence-electron chi connectivity index (χ0n) is 12.9. The molecule has 1 amide bonds. The van der Waals surface area contributed by atoms with Crippen LogP contribution in [0, 0.1) is 6.92 Å². The van der Waals surface area contributed by atoms with Crippen LogP contribution in [0.15, 0.2) is 42.5 Å². The third kappa shape index (κ3) is 4.72. The minimum Gasteiger partial charge on any atom is -0.465 e. The Balaban J connectivity index is 1.92. The maximum Gasteiger partial charge on any atom is 0.337 e. The highest BCUT2D eigenvalue weighted by Crippen LogP contribution is 2.20. The lowest BCUT2D eigenvalue weighted by atomic mass is 10.2. The normalized spacial score (nSPS) is 10.0. The summed E-state index contributed by atoms with van der Waals surface area (Å²) in [4.78, 5) is 23.3. The molecule has 0 radical (unpaired) electrons. The van der Waals surface area contributed by atoms with E-state index in [2.05, 4.69) is 15.4 Å². The molecule has 0 aliphatic heterocycles. The number of carbonyl (C=O) groups excluding carboxylic acids is 2. The van der Waals surface area contributed by atoms with Crippen molar-refractivity contribution >= 4 is 34.9 Å². The van der Waals surface area contributed by atoms with E-state index >= 15 is 0 Å². The first-order valence-electron chi connectivity index (χ1n) is 6.98. The second-order valence-corrected chi connectivity index (χ2v) is 5.37. The van der Waals surface area contributed by atoms with Gasteiger partial charge in [-0.2, -0.15) is 0 Å². The fourth-order valence-corrected chi connectivity index (χ4v) is 2.14. The van der Waals surface area contributed by atoms with Gasteiger partial charge in [0.25, 0.3) is 0 Å². The highest BCUT2D eigenvalue weighted by molar-refractivity contribution is 6.30. The molecule has 23 heavy (non-hydrogen) atoms. The molecule has 2 rings (SSSR count). The highest BCUT2D eigenvalue weighted by atomic mass is 35.5. The van der Waals surface area contributed by atoms with E-state index in [-0.39, 0.29) is 12.5 Å². The van der Waals surface area contributed by atoms with Gasteiger partial charge in [-0.3, -0.25) is 4.79 Å². The number of nitrogens with one attached hydrogen (secondary N) is 2. The zero-order chi connectivity index (χ0) is 16.8. The smallest absolute Gasteiger partial charge is 0.337 e. The van der Waals surface area contributed by atoms with Crippen LogP contribution in [0.5, 0.6) is 0 Å². The summed E-state index contributed by atoms with van der Waals surface area (Å²) < 4.78 is 4.62. The summed E-state index contributed by atoms with van der Waals surface area (Å²) in [5.74, 6) is -0.615. The highest BCUT2D eigenvalue weighted by Gasteiger charge is 2.07. The van der Waals surface area contributed by atoms with Crippen LogP contribution in [-0.2, 0) is 9.53 Å². The third-order valence-corrected chi connectivity index (χ3v) is 3.46. The van der Waals surface area contributed by atoms with E-state index in [4.69, 9.17) is 11.6 Å². The van der Waals surface area contributed by atoms with Crippen LogP contribution in [0.3, 0.4) is 0 Å². The maximum atomic E-state index is 12.0. The summed E-state index contributed by atoms with van der Waals surface area (Å²) in [6.07, 6.45) is 0. The number of rotatable bonds is 5. The summed E-state index contributed by atoms with van der Waals surface area (Å²) in [5.41, 5.74) is 2.85. The Morgan fingerprint density at radius 2 is 1.83 bits per heavy atom. The largest absolute Gasteiger partial charge is 0.465 e. The van der Waals surface area contributed by atoms with Gasteiger partial charge in [0, 0.05) is 16.4 Å². The Morgan fingerprint density at radius 3 is 2.48 bits per heavy atom. The van der Waals surface area contributed by atoms with E-state index in [1.54, 1.807) is 36.4 Å². The molecule has 0 saturated carbocycles. The maximum absolute atomic E-state index is 12.0. The fraction of sp³-hybridized carbons (Fsp3) is 0.176. The summed E-state index contributed by atoms with van der Waals surface area (Å²) in [6.45, 7) is 2.04. The lowest BCUT2D eigenvalue weighted by molar-refractivity contribution is -0.114. The van der Waals surface area contributed by atoms with Crippen molar-refractivity contribution in [3.8, 4) is 0 Å². The molecular weight excluding hydrogens is 316 g/mol. The molecule has 2 N–H and O–H groups in total. The Labute approximate surface area is 139 Å². The number of hydrogen-bond acceptors (Lipinski definition) is 4. The van der Waals surface area contributed by atoms with Crippen LogP contribution in [0.25, 0.3) is 0 Å². The molecule has 6 heteroatoms. The van der Waals surface area contributed by atoms with E-state index in [1.165, 1.54) is 7.11 Å². The van der Waals surface area contributed by atoms with Gasteiger partial charge >= 0.3 is 5.97 Å². The van der Waals surface area contributed by atoms with Crippen molar-refractivity contribution in [3.05, 3.63) is 58.6 Å². The number of amides is 1. The molecule has 0 saturated heterocycles. The zero-order valence-corrected chi connectivity index (χ0v) is 13.6. The standard InChI is InChI=1S/C17H17ClN2O3/c1-11-3-6-13(18)9-15(11)19-10-16(21)20-14-7-4-12(5-8-14)17(22)23-2/h3-9,19H,10H2,1-2H3,(H,20,21). The molecule has 0 fully saturated rings. The van der Waals surface area contributed by atoms with Crippen molar-refractivity contribution in [2.24, 2.45) is 0 Å². The van der Waals surface area contributed by atoms with E-state index in [1.807, 2.05) is 13.0 Å². The van der Waals surface area contributed by atoms with E-state index < -0.39 is 5.97 Å². The molecule has 0 atom stereocenters. The molecule has 5 nitrogen and oxygen atoms in total. The molecule has 0 spiro atoms. The third-order valence-electron chi connectivity index (χ3n) is 3.23. The number of carbonyl (C=O) groups is 2. The van der Waals surface area contributed by atoms with Crippen molar-refractivity contribution in [2.45, 2.75) is 6.92 Å². The van der Waals surface area contributed by atoms with Crippen molar-refractivity contribution in [1.82, 2.24) is 0 Å². The molecule has 0 heterocycles. The molecule has 0 aliphatic carbocycles. The van der Waals surface area contributed by atoms with Gasteiger partial charge in [0.05, 0.1) is 19.2 Å². The summed E-state index contributed by atoms with van der Waals surface area (Å²) in [6, 6.07) is 11.9. The number of esters is 1. The summed E-state index contributed by atoms with van der Waals surface area (Å²) >= 11 is 5.94. The topological polar surface area (TPSA) is 67.4 Å². The van der Waals surface area contributed by atoms with Gasteiger partial charge in [-0.05, 0) is 48.9 Å². The Hall–Kier alpha value is -2.53. The predicted octanol–water partition coefficient (Wildman–Crippen LogP) is 3.49. The lowest BCUT2D eigenvalue weighted by Gasteiger charge is -2.10. The molecule has 2 aromatic carbocycles. The van der Waals surface area contributed by atoms with Crippen molar-refractivity contribution in [2.75, 3.05) is 24.3 Å². The molecule has 0 unspecified atom stereocenters. The number of aryl methyl sites for hydroxylation is 1. The van der Waals surface area contributed by atoms with Crippen LogP contribution in [-0.4, -0.2) is 25.5 Å². The van der Waals surface area contributed by atoms with Gasteiger partial charge in [0.1, 0.15) is 0 Å². The molecule has 0 bridgehead atoms.